The predicted octanol–water partition coefficient (Wildman–Crippen LogP) is 3.42. The number of hydrogen-bond donors (Lipinski definition) is 2. The third-order valence-corrected chi connectivity index (χ3v) is 8.07. The topological polar surface area (TPSA) is 103 Å². The number of anilines is 4. The van der Waals surface area contributed by atoms with Gasteiger partial charge >= 0.3 is 0 Å². The number of fused-ring (bicyclic) bond motifs is 1. The summed E-state index contributed by atoms with van der Waals surface area (Å²) in [4.78, 5) is 41.1. The minimum Gasteiger partial charge on any atom is -0.495 e. The van der Waals surface area contributed by atoms with E-state index in [-0.39, 0.29) is 11.8 Å². The Morgan fingerprint density at radius 1 is 1.13 bits per heavy atom. The first kappa shape index (κ1) is 26.2. The van der Waals surface area contributed by atoms with E-state index in [0.29, 0.717) is 54.4 Å². The van der Waals surface area contributed by atoms with E-state index >= 15 is 0 Å². The minimum atomic E-state index is -0.107. The van der Waals surface area contributed by atoms with E-state index in [4.69, 9.17) is 9.72 Å². The van der Waals surface area contributed by atoms with Crippen molar-refractivity contribution >= 4 is 35.0 Å². The minimum absolute atomic E-state index is 0.0714. The summed E-state index contributed by atoms with van der Waals surface area (Å²) in [6, 6.07) is 5.73. The molecule has 2 aromatic rings. The van der Waals surface area contributed by atoms with E-state index in [1.165, 1.54) is 19.3 Å². The molecule has 0 radical (unpaired) electrons. The highest BCUT2D eigenvalue weighted by Gasteiger charge is 2.31. The zero-order chi connectivity index (χ0) is 26.6. The van der Waals surface area contributed by atoms with E-state index in [2.05, 4.69) is 32.5 Å². The van der Waals surface area contributed by atoms with Crippen molar-refractivity contribution in [1.82, 2.24) is 20.2 Å². The zero-order valence-electron chi connectivity index (χ0n) is 22.7. The molecule has 0 bridgehead atoms. The number of carbonyl (C=O) groups is 2. The van der Waals surface area contributed by atoms with Gasteiger partial charge in [0.2, 0.25) is 11.9 Å². The highest BCUT2D eigenvalue weighted by atomic mass is 16.5. The summed E-state index contributed by atoms with van der Waals surface area (Å²) in [5.41, 5.74) is 1.95. The summed E-state index contributed by atoms with van der Waals surface area (Å²) in [7, 11) is 5.50. The van der Waals surface area contributed by atoms with E-state index in [0.717, 1.165) is 43.9 Å². The van der Waals surface area contributed by atoms with Gasteiger partial charge in [0.05, 0.1) is 19.0 Å². The van der Waals surface area contributed by atoms with E-state index < -0.39 is 0 Å². The molecule has 10 nitrogen and oxygen atoms in total. The highest BCUT2D eigenvalue weighted by molar-refractivity contribution is 5.97. The van der Waals surface area contributed by atoms with Crippen LogP contribution in [0.2, 0.25) is 0 Å². The molecular weight excluding hydrogens is 482 g/mol. The molecule has 0 spiro atoms. The average Bonchev–Trinajstić information content (AvgIpc) is 3.43. The van der Waals surface area contributed by atoms with Crippen molar-refractivity contribution < 1.29 is 14.3 Å². The number of ether oxygens (including phenoxy) is 1. The molecule has 1 aliphatic carbocycles. The van der Waals surface area contributed by atoms with Gasteiger partial charge in [0.15, 0.2) is 5.82 Å². The molecule has 5 rings (SSSR count). The van der Waals surface area contributed by atoms with Crippen LogP contribution in [0.5, 0.6) is 5.75 Å². The average molecular weight is 522 g/mol. The molecule has 204 valence electrons. The van der Waals surface area contributed by atoms with Gasteiger partial charge in [-0.25, -0.2) is 4.98 Å². The third-order valence-electron chi connectivity index (χ3n) is 8.07. The number of hydrogen-bond acceptors (Lipinski definition) is 8. The Hall–Kier alpha value is -3.40. The molecule has 38 heavy (non-hydrogen) atoms. The summed E-state index contributed by atoms with van der Waals surface area (Å²) in [6.45, 7) is 3.46. The second-order valence-corrected chi connectivity index (χ2v) is 10.8. The second kappa shape index (κ2) is 11.6. The van der Waals surface area contributed by atoms with Crippen LogP contribution < -0.4 is 25.2 Å². The van der Waals surface area contributed by atoms with Gasteiger partial charge in [-0.05, 0) is 63.4 Å². The predicted molar refractivity (Wildman–Crippen MR) is 148 cm³/mol. The van der Waals surface area contributed by atoms with Gasteiger partial charge in [-0.3, -0.25) is 9.59 Å². The first-order chi connectivity index (χ1) is 18.4. The number of amides is 2. The Bertz CT molecular complexity index is 1170. The fourth-order valence-electron chi connectivity index (χ4n) is 5.91. The third kappa shape index (κ3) is 5.70. The van der Waals surface area contributed by atoms with Crippen LogP contribution in [0.1, 0.15) is 55.3 Å². The fraction of sp³-hybridized carbons (Fsp3) is 0.571. The number of likely N-dealkylation sites (tertiary alicyclic amines) is 1. The van der Waals surface area contributed by atoms with Gasteiger partial charge in [0.1, 0.15) is 11.4 Å². The number of carbonyl (C=O) groups excluding carboxylic acids is 2. The van der Waals surface area contributed by atoms with Crippen LogP contribution in [-0.2, 0) is 4.79 Å². The molecule has 2 aliphatic heterocycles. The summed E-state index contributed by atoms with van der Waals surface area (Å²) >= 11 is 0. The van der Waals surface area contributed by atoms with Crippen molar-refractivity contribution in [2.45, 2.75) is 51.0 Å². The monoisotopic (exact) mass is 521 g/mol. The number of aromatic nitrogens is 2. The molecule has 3 heterocycles. The number of benzene rings is 1. The molecule has 3 aliphatic rings. The summed E-state index contributed by atoms with van der Waals surface area (Å²) in [6.07, 6.45) is 9.10. The quantitative estimate of drug-likeness (QED) is 0.572. The SMILES string of the molecule is COc1cc(C(=O)NCC2CCCN(C)C2)ccc1Nc1ncc2c(n1)N(C1CCCC1)CCC(=O)N2C. The first-order valence-electron chi connectivity index (χ1n) is 13.7. The molecule has 10 heteroatoms. The van der Waals surface area contributed by atoms with Crippen LogP contribution in [0.4, 0.5) is 23.1 Å². The maximum Gasteiger partial charge on any atom is 0.251 e. The Kier molecular flexibility index (Phi) is 7.97. The van der Waals surface area contributed by atoms with Gasteiger partial charge in [-0.1, -0.05) is 12.8 Å². The lowest BCUT2D eigenvalue weighted by atomic mass is 9.98. The number of piperidine rings is 1. The number of nitrogens with one attached hydrogen (secondary N) is 2. The zero-order valence-corrected chi connectivity index (χ0v) is 22.7. The Balaban J connectivity index is 1.33. The Labute approximate surface area is 224 Å². The standard InChI is InChI=1S/C28H39N7O3/c1-33-13-6-7-19(18-33)16-29-27(37)20-10-11-22(24(15-20)38-3)31-28-30-17-23-26(32-28)35(21-8-4-5-9-21)14-12-25(36)34(23)2/h10-11,15,17,19,21H,4-9,12-14,16,18H2,1-3H3,(H,29,37)(H,30,31,32). The van der Waals surface area contributed by atoms with Crippen molar-refractivity contribution in [3.63, 3.8) is 0 Å². The van der Waals surface area contributed by atoms with Gasteiger partial charge < -0.3 is 30.1 Å². The number of nitrogens with zero attached hydrogens (tertiary/aromatic N) is 5. The molecular formula is C28H39N7O3. The number of rotatable bonds is 7. The van der Waals surface area contributed by atoms with Crippen molar-refractivity contribution in [2.75, 3.05) is 62.5 Å². The number of methoxy groups -OCH3 is 1. The van der Waals surface area contributed by atoms with Crippen LogP contribution in [0, 0.1) is 5.92 Å². The van der Waals surface area contributed by atoms with Gasteiger partial charge in [-0.2, -0.15) is 4.98 Å². The molecule has 1 aromatic carbocycles. The second-order valence-electron chi connectivity index (χ2n) is 10.8. The van der Waals surface area contributed by atoms with Crippen LogP contribution in [0.3, 0.4) is 0 Å². The molecule has 1 atom stereocenters. The smallest absolute Gasteiger partial charge is 0.251 e. The van der Waals surface area contributed by atoms with Crippen LogP contribution in [0.15, 0.2) is 24.4 Å². The van der Waals surface area contributed by atoms with E-state index in [1.54, 1.807) is 37.4 Å². The van der Waals surface area contributed by atoms with E-state index in [9.17, 15) is 9.59 Å². The molecule has 2 fully saturated rings. The van der Waals surface area contributed by atoms with Crippen LogP contribution in [-0.4, -0.2) is 80.1 Å². The fourth-order valence-corrected chi connectivity index (χ4v) is 5.91. The van der Waals surface area contributed by atoms with Gasteiger partial charge in [0, 0.05) is 44.7 Å². The van der Waals surface area contributed by atoms with E-state index in [1.807, 2.05) is 6.07 Å². The summed E-state index contributed by atoms with van der Waals surface area (Å²) < 4.78 is 5.62. The molecule has 1 saturated carbocycles. The highest BCUT2D eigenvalue weighted by Crippen LogP contribution is 2.37. The van der Waals surface area contributed by atoms with Crippen LogP contribution >= 0.6 is 0 Å². The summed E-state index contributed by atoms with van der Waals surface area (Å²) in [5.74, 6) is 2.18. The Morgan fingerprint density at radius 2 is 1.95 bits per heavy atom. The Morgan fingerprint density at radius 3 is 2.71 bits per heavy atom. The van der Waals surface area contributed by atoms with Crippen molar-refractivity contribution in [3.8, 4) is 5.75 Å². The van der Waals surface area contributed by atoms with Crippen molar-refractivity contribution in [1.29, 1.82) is 0 Å². The largest absolute Gasteiger partial charge is 0.495 e. The summed E-state index contributed by atoms with van der Waals surface area (Å²) in [5, 5.41) is 6.36. The lowest BCUT2D eigenvalue weighted by Gasteiger charge is -2.30. The lowest BCUT2D eigenvalue weighted by molar-refractivity contribution is -0.118. The normalized spacial score (nSPS) is 20.7. The first-order valence-corrected chi connectivity index (χ1v) is 13.7. The maximum absolute atomic E-state index is 12.9. The van der Waals surface area contributed by atoms with Crippen molar-refractivity contribution in [2.24, 2.45) is 5.92 Å². The molecule has 1 unspecified atom stereocenters. The molecule has 2 amide bonds. The van der Waals surface area contributed by atoms with Gasteiger partial charge in [0.25, 0.3) is 5.91 Å². The van der Waals surface area contributed by atoms with Crippen LogP contribution in [0.25, 0.3) is 0 Å². The van der Waals surface area contributed by atoms with Gasteiger partial charge in [-0.15, -0.1) is 0 Å². The molecule has 1 saturated heterocycles. The molecule has 1 aromatic heterocycles. The lowest BCUT2D eigenvalue weighted by Crippen LogP contribution is -2.39. The van der Waals surface area contributed by atoms with Crippen molar-refractivity contribution in [3.05, 3.63) is 30.0 Å². The molecule has 2 N–H and O–H groups in total. The maximum atomic E-state index is 12.9.